The van der Waals surface area contributed by atoms with E-state index in [1.54, 1.807) is 6.07 Å². The van der Waals surface area contributed by atoms with E-state index in [4.69, 9.17) is 0 Å². The average molecular weight is 289 g/mol. The van der Waals surface area contributed by atoms with Gasteiger partial charge in [-0.15, -0.1) is 0 Å². The fraction of sp³-hybridized carbons (Fsp3) is 0.0909. The second kappa shape index (κ2) is 5.98. The molecular weight excluding hydrogens is 281 g/mol. The third kappa shape index (κ3) is 3.52. The molecule has 0 bridgehead atoms. The van der Waals surface area contributed by atoms with Gasteiger partial charge in [0.1, 0.15) is 10.1 Å². The molecule has 0 aliphatic carbocycles. The van der Waals surface area contributed by atoms with Crippen molar-refractivity contribution >= 4 is 26.8 Å². The maximum Gasteiger partial charge on any atom is 1.00 e. The smallest absolute Gasteiger partial charge is 0.744 e. The number of carbonyl (C=O) groups excluding carboxylic acids is 2. The number of imide groups is 1. The Kier molecular flexibility index (Phi) is 5.05. The summed E-state index contributed by atoms with van der Waals surface area (Å²) in [6.45, 7) is 0. The SMILES string of the molecule is O=C1CC(=C(c2ccccc2)S(=O)(=O)[O-])C(=O)N1.[Na+]. The Morgan fingerprint density at radius 2 is 1.74 bits per heavy atom. The van der Waals surface area contributed by atoms with Gasteiger partial charge in [-0.3, -0.25) is 14.9 Å². The molecule has 1 saturated heterocycles. The van der Waals surface area contributed by atoms with Crippen molar-refractivity contribution in [1.29, 1.82) is 0 Å². The molecule has 0 aromatic heterocycles. The molecule has 2 rings (SSSR count). The molecule has 0 spiro atoms. The predicted octanol–water partition coefficient (Wildman–Crippen LogP) is -3.01. The summed E-state index contributed by atoms with van der Waals surface area (Å²) in [5, 5.41) is 1.95. The van der Waals surface area contributed by atoms with Crippen molar-refractivity contribution in [3.05, 3.63) is 41.5 Å². The Balaban J connectivity index is 0.00000180. The minimum atomic E-state index is -4.84. The van der Waals surface area contributed by atoms with Gasteiger partial charge in [0.2, 0.25) is 5.91 Å². The number of benzene rings is 1. The summed E-state index contributed by atoms with van der Waals surface area (Å²) < 4.78 is 33.8. The van der Waals surface area contributed by atoms with Crippen LogP contribution in [-0.4, -0.2) is 24.8 Å². The first-order chi connectivity index (χ1) is 8.39. The summed E-state index contributed by atoms with van der Waals surface area (Å²) in [6, 6.07) is 7.51. The number of rotatable bonds is 2. The van der Waals surface area contributed by atoms with Crippen LogP contribution in [-0.2, 0) is 19.7 Å². The van der Waals surface area contributed by atoms with Crippen LogP contribution in [0.5, 0.6) is 0 Å². The maximum atomic E-state index is 11.5. The number of hydrogen-bond donors (Lipinski definition) is 1. The molecule has 19 heavy (non-hydrogen) atoms. The quantitative estimate of drug-likeness (QED) is 0.270. The van der Waals surface area contributed by atoms with Crippen molar-refractivity contribution in [1.82, 2.24) is 5.32 Å². The van der Waals surface area contributed by atoms with Gasteiger partial charge < -0.3 is 4.55 Å². The summed E-state index contributed by atoms with van der Waals surface area (Å²) in [7, 11) is -4.84. The van der Waals surface area contributed by atoms with E-state index in [1.807, 2.05) is 5.32 Å². The first-order valence-corrected chi connectivity index (χ1v) is 6.39. The van der Waals surface area contributed by atoms with Crippen LogP contribution in [0.3, 0.4) is 0 Å². The van der Waals surface area contributed by atoms with Gasteiger partial charge in [-0.05, 0) is 5.56 Å². The molecular formula is C11H8NNaO5S. The van der Waals surface area contributed by atoms with E-state index < -0.39 is 33.3 Å². The Hall–Kier alpha value is -0.990. The molecule has 1 aromatic carbocycles. The molecule has 1 aromatic rings. The van der Waals surface area contributed by atoms with Crippen LogP contribution in [0.1, 0.15) is 12.0 Å². The van der Waals surface area contributed by atoms with Crippen molar-refractivity contribution in [2.24, 2.45) is 0 Å². The molecule has 1 heterocycles. The van der Waals surface area contributed by atoms with Gasteiger partial charge in [0.05, 0.1) is 11.3 Å². The van der Waals surface area contributed by atoms with E-state index in [9.17, 15) is 22.6 Å². The fourth-order valence-corrected chi connectivity index (χ4v) is 2.62. The third-order valence-electron chi connectivity index (χ3n) is 2.42. The second-order valence-corrected chi connectivity index (χ2v) is 5.00. The van der Waals surface area contributed by atoms with Crippen LogP contribution < -0.4 is 34.9 Å². The maximum absolute atomic E-state index is 11.5. The van der Waals surface area contributed by atoms with Crippen LogP contribution in [0, 0.1) is 0 Å². The Morgan fingerprint density at radius 1 is 1.16 bits per heavy atom. The summed E-state index contributed by atoms with van der Waals surface area (Å²) in [5.41, 5.74) is -0.200. The monoisotopic (exact) mass is 289 g/mol. The topological polar surface area (TPSA) is 103 Å². The standard InChI is InChI=1S/C11H9NO5S.Na/c13-9-6-8(11(14)12-9)10(18(15,16)17)7-4-2-1-3-5-7;/h1-5H,6H2,(H,12,13,14)(H,15,16,17);/q;+1/p-1. The molecule has 0 atom stereocenters. The van der Waals surface area contributed by atoms with E-state index >= 15 is 0 Å². The van der Waals surface area contributed by atoms with Gasteiger partial charge in [-0.1, -0.05) is 30.3 Å². The molecule has 1 aliphatic rings. The van der Waals surface area contributed by atoms with Crippen LogP contribution in [0.4, 0.5) is 0 Å². The molecule has 0 unspecified atom stereocenters. The van der Waals surface area contributed by atoms with Crippen molar-refractivity contribution in [3.63, 3.8) is 0 Å². The molecule has 8 heteroatoms. The summed E-state index contributed by atoms with van der Waals surface area (Å²) in [4.78, 5) is 21.9. The Bertz CT molecular complexity index is 651. The molecule has 1 N–H and O–H groups in total. The minimum absolute atomic E-state index is 0. The number of hydrogen-bond acceptors (Lipinski definition) is 5. The molecule has 1 aliphatic heterocycles. The Labute approximate surface area is 131 Å². The Morgan fingerprint density at radius 3 is 2.16 bits per heavy atom. The van der Waals surface area contributed by atoms with Crippen molar-refractivity contribution < 1.29 is 52.1 Å². The average Bonchev–Trinajstić information content (AvgIpc) is 2.58. The fourth-order valence-electron chi connectivity index (χ4n) is 1.73. The molecule has 2 amide bonds. The summed E-state index contributed by atoms with van der Waals surface area (Å²) in [6.07, 6.45) is -0.398. The first-order valence-electron chi connectivity index (χ1n) is 4.98. The van der Waals surface area contributed by atoms with Crippen molar-refractivity contribution in [2.75, 3.05) is 0 Å². The number of carbonyl (C=O) groups is 2. The van der Waals surface area contributed by atoms with Crippen molar-refractivity contribution in [2.45, 2.75) is 6.42 Å². The zero-order valence-electron chi connectivity index (χ0n) is 10.0. The molecule has 1 fully saturated rings. The van der Waals surface area contributed by atoms with Gasteiger partial charge in [-0.25, -0.2) is 8.42 Å². The van der Waals surface area contributed by atoms with Gasteiger partial charge in [0, 0.05) is 5.57 Å². The molecule has 0 saturated carbocycles. The summed E-state index contributed by atoms with van der Waals surface area (Å²) >= 11 is 0. The van der Waals surface area contributed by atoms with Crippen molar-refractivity contribution in [3.8, 4) is 0 Å². The largest absolute Gasteiger partial charge is 1.00 e. The van der Waals surface area contributed by atoms with Crippen LogP contribution in [0.25, 0.3) is 4.91 Å². The number of amides is 2. The van der Waals surface area contributed by atoms with Gasteiger partial charge in [0.15, 0.2) is 0 Å². The van der Waals surface area contributed by atoms with Gasteiger partial charge >= 0.3 is 29.6 Å². The second-order valence-electron chi connectivity index (χ2n) is 3.68. The molecule has 94 valence electrons. The zero-order chi connectivity index (χ0) is 13.3. The minimum Gasteiger partial charge on any atom is -0.744 e. The van der Waals surface area contributed by atoms with E-state index in [1.165, 1.54) is 24.3 Å². The van der Waals surface area contributed by atoms with Gasteiger partial charge in [0.25, 0.3) is 5.91 Å². The van der Waals surface area contributed by atoms with Crippen LogP contribution >= 0.6 is 0 Å². The van der Waals surface area contributed by atoms with E-state index in [0.717, 1.165) is 0 Å². The number of nitrogens with one attached hydrogen (secondary N) is 1. The predicted molar refractivity (Wildman–Crippen MR) is 60.8 cm³/mol. The summed E-state index contributed by atoms with van der Waals surface area (Å²) in [5.74, 6) is -1.45. The van der Waals surface area contributed by atoms with E-state index in [-0.39, 0.29) is 40.7 Å². The molecule has 6 nitrogen and oxygen atoms in total. The van der Waals surface area contributed by atoms with E-state index in [0.29, 0.717) is 0 Å². The van der Waals surface area contributed by atoms with Crippen LogP contribution in [0.15, 0.2) is 35.9 Å². The normalized spacial score (nSPS) is 17.7. The van der Waals surface area contributed by atoms with Crippen LogP contribution in [0.2, 0.25) is 0 Å². The molecule has 0 radical (unpaired) electrons. The first kappa shape index (κ1) is 16.1. The van der Waals surface area contributed by atoms with E-state index in [2.05, 4.69) is 0 Å². The van der Waals surface area contributed by atoms with Gasteiger partial charge in [-0.2, -0.15) is 0 Å². The zero-order valence-corrected chi connectivity index (χ0v) is 12.9. The third-order valence-corrected chi connectivity index (χ3v) is 3.41.